The van der Waals surface area contributed by atoms with Crippen LogP contribution in [-0.4, -0.2) is 52.8 Å². The third-order valence-corrected chi connectivity index (χ3v) is 4.73. The lowest BCUT2D eigenvalue weighted by Crippen LogP contribution is -2.43. The van der Waals surface area contributed by atoms with E-state index in [1.807, 2.05) is 12.2 Å². The molecule has 3 N–H and O–H groups in total. The van der Waals surface area contributed by atoms with Gasteiger partial charge < -0.3 is 20.5 Å². The van der Waals surface area contributed by atoms with Crippen LogP contribution >= 0.6 is 0 Å². The fourth-order valence-electron chi connectivity index (χ4n) is 3.34. The van der Waals surface area contributed by atoms with Gasteiger partial charge in [0.05, 0.1) is 11.3 Å². The second-order valence-corrected chi connectivity index (χ2v) is 6.50. The van der Waals surface area contributed by atoms with E-state index < -0.39 is 18.8 Å². The van der Waals surface area contributed by atoms with Gasteiger partial charge in [-0.3, -0.25) is 0 Å². The van der Waals surface area contributed by atoms with Crippen LogP contribution in [0.2, 0.25) is 0 Å². The number of anilines is 1. The summed E-state index contributed by atoms with van der Waals surface area (Å²) in [5.41, 5.74) is 1.61. The van der Waals surface area contributed by atoms with E-state index in [0.29, 0.717) is 23.4 Å². The first-order chi connectivity index (χ1) is 12.8. The molecule has 0 radical (unpaired) electrons. The molecule has 27 heavy (non-hydrogen) atoms. The molecule has 144 valence electrons. The summed E-state index contributed by atoms with van der Waals surface area (Å²) in [7, 11) is 0. The number of hydrogen-bond donors (Lipinski definition) is 3. The van der Waals surface area contributed by atoms with Gasteiger partial charge in [-0.25, -0.2) is 9.78 Å². The van der Waals surface area contributed by atoms with Gasteiger partial charge in [-0.2, -0.15) is 18.4 Å². The number of alkyl halides is 3. The number of urea groups is 1. The van der Waals surface area contributed by atoms with Crippen LogP contribution in [0.5, 0.6) is 0 Å². The summed E-state index contributed by atoms with van der Waals surface area (Å²) in [4.78, 5) is 20.6. The highest BCUT2D eigenvalue weighted by Crippen LogP contribution is 2.30. The normalized spacial score (nSPS) is 19.9. The number of pyridine rings is 1. The van der Waals surface area contributed by atoms with Gasteiger partial charge in [0, 0.05) is 36.9 Å². The summed E-state index contributed by atoms with van der Waals surface area (Å²) in [6.45, 7) is 1.20. The molecule has 1 fully saturated rings. The molecular weight excluding hydrogens is 361 g/mol. The van der Waals surface area contributed by atoms with Crippen LogP contribution in [0.3, 0.4) is 0 Å². The molecule has 10 heteroatoms. The molecule has 0 aliphatic carbocycles. The second-order valence-electron chi connectivity index (χ2n) is 6.50. The number of nitrogens with zero attached hydrogens (tertiary/aromatic N) is 3. The molecule has 1 aliphatic rings. The molecule has 0 aromatic carbocycles. The fraction of sp³-hybridized carbons (Fsp3) is 0.471. The molecule has 2 amide bonds. The molecule has 0 unspecified atom stereocenters. The number of halogens is 3. The molecule has 0 bridgehead atoms. The zero-order chi connectivity index (χ0) is 19.6. The average Bonchev–Trinajstić information content (AvgIpc) is 3.26. The van der Waals surface area contributed by atoms with Crippen LogP contribution in [0.25, 0.3) is 11.0 Å². The first-order valence-electron chi connectivity index (χ1n) is 8.54. The molecule has 3 rings (SSSR count). The number of carbonyl (C=O) groups excluding carboxylic acids is 1. The molecule has 2 atom stereocenters. The summed E-state index contributed by atoms with van der Waals surface area (Å²) in [5, 5.41) is 15.4. The molecule has 0 spiro atoms. The number of fused-ring (bicyclic) bond motifs is 1. The Balaban J connectivity index is 1.76. The summed E-state index contributed by atoms with van der Waals surface area (Å²) in [6.07, 6.45) is -0.530. The van der Waals surface area contributed by atoms with Crippen molar-refractivity contribution < 1.29 is 18.0 Å². The van der Waals surface area contributed by atoms with E-state index in [2.05, 4.69) is 21.4 Å². The number of aromatic nitrogens is 2. The summed E-state index contributed by atoms with van der Waals surface area (Å²) >= 11 is 0. The lowest BCUT2D eigenvalue weighted by atomic mass is 10.00. The summed E-state index contributed by atoms with van der Waals surface area (Å²) in [6, 6.07) is 2.98. The fourth-order valence-corrected chi connectivity index (χ4v) is 3.34. The van der Waals surface area contributed by atoms with Gasteiger partial charge in [0.25, 0.3) is 0 Å². The Morgan fingerprint density at radius 3 is 2.93 bits per heavy atom. The maximum atomic E-state index is 12.3. The Morgan fingerprint density at radius 1 is 1.48 bits per heavy atom. The molecule has 2 aromatic rings. The topological polar surface area (TPSA) is 96.8 Å². The minimum atomic E-state index is -4.45. The van der Waals surface area contributed by atoms with Gasteiger partial charge in [-0.15, -0.1) is 0 Å². The van der Waals surface area contributed by atoms with Gasteiger partial charge in [0.15, 0.2) is 0 Å². The smallest absolute Gasteiger partial charge is 0.378 e. The number of amides is 2. The van der Waals surface area contributed by atoms with Crippen molar-refractivity contribution in [1.82, 2.24) is 20.2 Å². The highest BCUT2D eigenvalue weighted by molar-refractivity contribution is 5.92. The first kappa shape index (κ1) is 18.8. The number of likely N-dealkylation sites (tertiary alicyclic amines) is 1. The van der Waals surface area contributed by atoms with Crippen LogP contribution in [-0.2, 0) is 0 Å². The standard InChI is InChI=1S/C17H19F3N6O/c1-2-10-7-26(16(27)24-9-17(18,19)20)8-13(10)25-14-11(5-21)6-23-15-12(14)3-4-22-15/h3-4,6,10,13H,2,7-9H2,1H3,(H,24,27)(H2,22,23,25)/t10-,13+/m1/s1. The van der Waals surface area contributed by atoms with Crippen LogP contribution in [0.15, 0.2) is 18.5 Å². The number of carbonyl (C=O) groups is 1. The minimum absolute atomic E-state index is 0.0512. The van der Waals surface area contributed by atoms with Crippen LogP contribution in [0.1, 0.15) is 18.9 Å². The summed E-state index contributed by atoms with van der Waals surface area (Å²) < 4.78 is 37.0. The molecule has 1 aliphatic heterocycles. The number of hydrogen-bond acceptors (Lipinski definition) is 4. The van der Waals surface area contributed by atoms with Gasteiger partial charge in [-0.05, 0) is 18.4 Å². The van der Waals surface area contributed by atoms with E-state index in [0.717, 1.165) is 11.8 Å². The Labute approximate surface area is 153 Å². The maximum Gasteiger partial charge on any atom is 0.405 e. The van der Waals surface area contributed by atoms with Crippen molar-refractivity contribution in [2.45, 2.75) is 25.6 Å². The average molecular weight is 380 g/mol. The maximum absolute atomic E-state index is 12.3. The van der Waals surface area contributed by atoms with E-state index in [9.17, 15) is 23.2 Å². The second kappa shape index (κ2) is 7.34. The zero-order valence-electron chi connectivity index (χ0n) is 14.6. The van der Waals surface area contributed by atoms with Gasteiger partial charge >= 0.3 is 12.2 Å². The Kier molecular flexibility index (Phi) is 5.12. The number of nitrogens with one attached hydrogen (secondary N) is 3. The van der Waals surface area contributed by atoms with Crippen LogP contribution in [0.4, 0.5) is 23.7 Å². The molecular formula is C17H19F3N6O. The molecule has 2 aromatic heterocycles. The van der Waals surface area contributed by atoms with Crippen molar-refractivity contribution in [2.75, 3.05) is 25.0 Å². The monoisotopic (exact) mass is 380 g/mol. The Bertz CT molecular complexity index is 872. The molecule has 1 saturated heterocycles. The van der Waals surface area contributed by atoms with Crippen LogP contribution in [0, 0.1) is 17.2 Å². The minimum Gasteiger partial charge on any atom is -0.378 e. The van der Waals surface area contributed by atoms with Gasteiger partial charge in [-0.1, -0.05) is 6.92 Å². The van der Waals surface area contributed by atoms with Crippen molar-refractivity contribution in [1.29, 1.82) is 5.26 Å². The third-order valence-electron chi connectivity index (χ3n) is 4.73. The van der Waals surface area contributed by atoms with Crippen molar-refractivity contribution in [3.8, 4) is 6.07 Å². The van der Waals surface area contributed by atoms with Crippen molar-refractivity contribution >= 4 is 22.8 Å². The molecule has 7 nitrogen and oxygen atoms in total. The number of nitriles is 1. The zero-order valence-corrected chi connectivity index (χ0v) is 14.6. The highest BCUT2D eigenvalue weighted by Gasteiger charge is 2.36. The Hall–Kier alpha value is -2.96. The highest BCUT2D eigenvalue weighted by atomic mass is 19.4. The number of rotatable bonds is 4. The van der Waals surface area contributed by atoms with E-state index in [1.54, 1.807) is 12.3 Å². The molecule has 3 heterocycles. The first-order valence-corrected chi connectivity index (χ1v) is 8.54. The number of aromatic amines is 1. The van der Waals surface area contributed by atoms with E-state index in [-0.39, 0.29) is 18.5 Å². The lowest BCUT2D eigenvalue weighted by molar-refractivity contribution is -0.123. The van der Waals surface area contributed by atoms with Gasteiger partial charge in [0.2, 0.25) is 0 Å². The predicted octanol–water partition coefficient (Wildman–Crippen LogP) is 2.83. The van der Waals surface area contributed by atoms with E-state index in [1.165, 1.54) is 11.1 Å². The van der Waals surface area contributed by atoms with Gasteiger partial charge in [0.1, 0.15) is 18.3 Å². The quantitative estimate of drug-likeness (QED) is 0.760. The SMILES string of the molecule is CC[C@@H]1CN(C(=O)NCC(F)(F)F)C[C@@H]1Nc1c(C#N)cnc2[nH]ccc12. The largest absolute Gasteiger partial charge is 0.405 e. The van der Waals surface area contributed by atoms with E-state index in [4.69, 9.17) is 0 Å². The summed E-state index contributed by atoms with van der Waals surface area (Å²) in [5.74, 6) is 0.0512. The predicted molar refractivity (Wildman–Crippen MR) is 93.0 cm³/mol. The lowest BCUT2D eigenvalue weighted by Gasteiger charge is -2.21. The van der Waals surface area contributed by atoms with Crippen molar-refractivity contribution in [3.05, 3.63) is 24.0 Å². The van der Waals surface area contributed by atoms with Crippen molar-refractivity contribution in [2.24, 2.45) is 5.92 Å². The van der Waals surface area contributed by atoms with E-state index >= 15 is 0 Å². The van der Waals surface area contributed by atoms with Crippen LogP contribution < -0.4 is 10.6 Å². The number of H-pyrrole nitrogens is 1. The molecule has 0 saturated carbocycles. The Morgan fingerprint density at radius 2 is 2.26 bits per heavy atom. The third kappa shape index (κ3) is 4.07. The van der Waals surface area contributed by atoms with Crippen molar-refractivity contribution in [3.63, 3.8) is 0 Å².